The Morgan fingerprint density at radius 2 is 0.905 bits per heavy atom. The molecule has 0 saturated heterocycles. The van der Waals surface area contributed by atoms with E-state index in [-0.39, 0.29) is 0 Å². The van der Waals surface area contributed by atoms with Crippen LogP contribution in [0.15, 0.2) is 133 Å². The molecule has 8 rings (SSSR count). The molecule has 4 heteroatoms. The van der Waals surface area contributed by atoms with Gasteiger partial charge in [-0.15, -0.1) is 0 Å². The number of para-hydroxylation sites is 4. The van der Waals surface area contributed by atoms with Crippen LogP contribution in [-0.4, -0.2) is 9.13 Å². The second-order valence-electron chi connectivity index (χ2n) is 10.4. The van der Waals surface area contributed by atoms with Gasteiger partial charge >= 0.3 is 0 Å². The summed E-state index contributed by atoms with van der Waals surface area (Å²) in [6.07, 6.45) is 0. The van der Waals surface area contributed by atoms with Crippen molar-refractivity contribution in [3.8, 4) is 34.6 Å². The molecule has 0 aliphatic carbocycles. The number of benzene rings is 6. The first kappa shape index (κ1) is 23.8. The standard InChI is InChI=1S/C38H22N4/c39-23-25-20-21-38-31(22-25)30-13-4-8-18-36(30)42(38)33-15-5-1-10-27(33)26-14-9-19-37(32(26)24-40)41-34-16-6-2-11-28(34)29-12-3-7-17-35(29)41/h1-22H. The number of aromatic nitrogens is 2. The fraction of sp³-hybridized carbons (Fsp3) is 0. The molecule has 0 saturated carbocycles. The number of hydrogen-bond donors (Lipinski definition) is 0. The van der Waals surface area contributed by atoms with E-state index in [1.165, 1.54) is 0 Å². The minimum atomic E-state index is 0.615. The summed E-state index contributed by atoms with van der Waals surface area (Å²) in [6, 6.07) is 50.0. The monoisotopic (exact) mass is 534 g/mol. The molecule has 0 bridgehead atoms. The number of hydrogen-bond acceptors (Lipinski definition) is 2. The normalized spacial score (nSPS) is 11.3. The van der Waals surface area contributed by atoms with Crippen LogP contribution in [0.25, 0.3) is 66.1 Å². The summed E-state index contributed by atoms with van der Waals surface area (Å²) in [7, 11) is 0. The van der Waals surface area contributed by atoms with E-state index in [1.807, 2.05) is 72.8 Å². The Morgan fingerprint density at radius 3 is 1.55 bits per heavy atom. The highest BCUT2D eigenvalue weighted by atomic mass is 15.0. The number of fused-ring (bicyclic) bond motifs is 6. The van der Waals surface area contributed by atoms with Gasteiger partial charge in [0.15, 0.2) is 0 Å². The highest BCUT2D eigenvalue weighted by molar-refractivity contribution is 6.11. The first-order valence-corrected chi connectivity index (χ1v) is 13.8. The third-order valence-electron chi connectivity index (χ3n) is 8.21. The summed E-state index contributed by atoms with van der Waals surface area (Å²) >= 11 is 0. The van der Waals surface area contributed by atoms with Gasteiger partial charge in [0.2, 0.25) is 0 Å². The summed E-state index contributed by atoms with van der Waals surface area (Å²) < 4.78 is 4.45. The Balaban J connectivity index is 1.44. The Bertz CT molecular complexity index is 2390. The molecule has 0 atom stereocenters. The molecule has 42 heavy (non-hydrogen) atoms. The predicted molar refractivity (Wildman–Crippen MR) is 170 cm³/mol. The van der Waals surface area contributed by atoms with Crippen LogP contribution < -0.4 is 0 Å². The maximum absolute atomic E-state index is 10.7. The molecule has 2 aromatic heterocycles. The van der Waals surface area contributed by atoms with Gasteiger partial charge in [-0.25, -0.2) is 0 Å². The lowest BCUT2D eigenvalue weighted by molar-refractivity contribution is 1.16. The zero-order chi connectivity index (χ0) is 28.2. The van der Waals surface area contributed by atoms with Crippen LogP contribution in [0.4, 0.5) is 0 Å². The van der Waals surface area contributed by atoms with Crippen molar-refractivity contribution in [2.75, 3.05) is 0 Å². The topological polar surface area (TPSA) is 57.4 Å². The summed E-state index contributed by atoms with van der Waals surface area (Å²) in [4.78, 5) is 0. The van der Waals surface area contributed by atoms with E-state index in [0.29, 0.717) is 11.1 Å². The zero-order valence-corrected chi connectivity index (χ0v) is 22.5. The lowest BCUT2D eigenvalue weighted by Crippen LogP contribution is -2.02. The average molecular weight is 535 g/mol. The van der Waals surface area contributed by atoms with Gasteiger partial charge < -0.3 is 9.13 Å². The fourth-order valence-corrected chi connectivity index (χ4v) is 6.45. The quantitative estimate of drug-likeness (QED) is 0.227. The van der Waals surface area contributed by atoms with Crippen molar-refractivity contribution in [2.45, 2.75) is 0 Å². The average Bonchev–Trinajstić information content (AvgIpc) is 3.57. The molecule has 8 aromatic rings. The van der Waals surface area contributed by atoms with Crippen LogP contribution >= 0.6 is 0 Å². The maximum atomic E-state index is 10.7. The van der Waals surface area contributed by atoms with Gasteiger partial charge in [0.1, 0.15) is 6.07 Å². The van der Waals surface area contributed by atoms with E-state index in [9.17, 15) is 10.5 Å². The summed E-state index contributed by atoms with van der Waals surface area (Å²) in [5.74, 6) is 0. The lowest BCUT2D eigenvalue weighted by Gasteiger charge is -2.17. The minimum Gasteiger partial charge on any atom is -0.309 e. The highest BCUT2D eigenvalue weighted by Crippen LogP contribution is 2.40. The van der Waals surface area contributed by atoms with Crippen molar-refractivity contribution in [1.29, 1.82) is 10.5 Å². The molecule has 0 unspecified atom stereocenters. The second-order valence-corrected chi connectivity index (χ2v) is 10.4. The summed E-state index contributed by atoms with van der Waals surface area (Å²) in [5, 5.41) is 24.7. The number of nitrogens with zero attached hydrogens (tertiary/aromatic N) is 4. The summed E-state index contributed by atoms with van der Waals surface area (Å²) in [5.41, 5.74) is 9.09. The van der Waals surface area contributed by atoms with Gasteiger partial charge in [-0.1, -0.05) is 84.9 Å². The van der Waals surface area contributed by atoms with E-state index in [0.717, 1.165) is 66.1 Å². The van der Waals surface area contributed by atoms with Gasteiger partial charge in [0, 0.05) is 32.7 Å². The molecule has 0 amide bonds. The molecular weight excluding hydrogens is 512 g/mol. The smallest absolute Gasteiger partial charge is 0.102 e. The molecular formula is C38H22N4. The fourth-order valence-electron chi connectivity index (χ4n) is 6.45. The van der Waals surface area contributed by atoms with Gasteiger partial charge in [-0.3, -0.25) is 0 Å². The third-order valence-corrected chi connectivity index (χ3v) is 8.21. The Kier molecular flexibility index (Phi) is 5.22. The molecule has 0 aliphatic heterocycles. The Hall–Kier alpha value is -6.10. The molecule has 0 spiro atoms. The van der Waals surface area contributed by atoms with Crippen molar-refractivity contribution in [3.63, 3.8) is 0 Å². The van der Waals surface area contributed by atoms with Gasteiger partial charge in [-0.05, 0) is 48.5 Å². The van der Waals surface area contributed by atoms with Gasteiger partial charge in [0.05, 0.1) is 50.6 Å². The highest BCUT2D eigenvalue weighted by Gasteiger charge is 2.20. The molecule has 2 heterocycles. The zero-order valence-electron chi connectivity index (χ0n) is 22.5. The Labute approximate surface area is 242 Å². The van der Waals surface area contributed by atoms with E-state index in [1.54, 1.807) is 0 Å². The SMILES string of the molecule is N#Cc1ccc2c(c1)c1ccccc1n2-c1ccccc1-c1cccc(-n2c3ccccc3c3ccccc32)c1C#N. The van der Waals surface area contributed by atoms with Crippen molar-refractivity contribution in [1.82, 2.24) is 9.13 Å². The number of rotatable bonds is 3. The van der Waals surface area contributed by atoms with Crippen LogP contribution in [-0.2, 0) is 0 Å². The predicted octanol–water partition coefficient (Wildman–Crippen LogP) is 9.29. The van der Waals surface area contributed by atoms with E-state index in [2.05, 4.69) is 81.9 Å². The van der Waals surface area contributed by atoms with Crippen LogP contribution in [0.5, 0.6) is 0 Å². The molecule has 4 nitrogen and oxygen atoms in total. The van der Waals surface area contributed by atoms with Crippen LogP contribution in [0.2, 0.25) is 0 Å². The first-order valence-electron chi connectivity index (χ1n) is 13.8. The Morgan fingerprint density at radius 1 is 0.405 bits per heavy atom. The van der Waals surface area contributed by atoms with Crippen molar-refractivity contribution in [2.24, 2.45) is 0 Å². The third kappa shape index (κ3) is 3.33. The van der Waals surface area contributed by atoms with E-state index in [4.69, 9.17) is 0 Å². The van der Waals surface area contributed by atoms with Gasteiger partial charge in [0.25, 0.3) is 0 Å². The molecule has 6 aromatic carbocycles. The molecule has 0 fully saturated rings. The lowest BCUT2D eigenvalue weighted by atomic mass is 9.96. The largest absolute Gasteiger partial charge is 0.309 e. The van der Waals surface area contributed by atoms with E-state index >= 15 is 0 Å². The molecule has 0 radical (unpaired) electrons. The number of nitriles is 2. The molecule has 0 aliphatic rings. The first-order chi connectivity index (χ1) is 20.8. The summed E-state index contributed by atoms with van der Waals surface area (Å²) in [6.45, 7) is 0. The maximum Gasteiger partial charge on any atom is 0.102 e. The van der Waals surface area contributed by atoms with Crippen LogP contribution in [0.1, 0.15) is 11.1 Å². The molecule has 0 N–H and O–H groups in total. The molecule has 194 valence electrons. The van der Waals surface area contributed by atoms with E-state index < -0.39 is 0 Å². The minimum absolute atomic E-state index is 0.615. The van der Waals surface area contributed by atoms with Crippen LogP contribution in [0.3, 0.4) is 0 Å². The van der Waals surface area contributed by atoms with Crippen molar-refractivity contribution in [3.05, 3.63) is 145 Å². The van der Waals surface area contributed by atoms with Crippen LogP contribution in [0, 0.1) is 22.7 Å². The second kappa shape index (κ2) is 9.24. The van der Waals surface area contributed by atoms with Crippen molar-refractivity contribution >= 4 is 43.6 Å². The van der Waals surface area contributed by atoms with Crippen molar-refractivity contribution < 1.29 is 0 Å². The van der Waals surface area contributed by atoms with Gasteiger partial charge in [-0.2, -0.15) is 10.5 Å².